The molecule has 1 N–H and O–H groups in total. The summed E-state index contributed by atoms with van der Waals surface area (Å²) in [4.78, 5) is 17.0. The van der Waals surface area contributed by atoms with Crippen molar-refractivity contribution < 1.29 is 14.3 Å². The van der Waals surface area contributed by atoms with Crippen molar-refractivity contribution in [2.45, 2.75) is 26.9 Å². The second-order valence-electron chi connectivity index (χ2n) is 5.93. The molecule has 0 aliphatic carbocycles. The van der Waals surface area contributed by atoms with Crippen LogP contribution in [0.15, 0.2) is 36.4 Å². The van der Waals surface area contributed by atoms with Gasteiger partial charge in [0.1, 0.15) is 17.0 Å². The Balaban J connectivity index is 1.81. The van der Waals surface area contributed by atoms with Gasteiger partial charge in [0.2, 0.25) is 0 Å². The summed E-state index contributed by atoms with van der Waals surface area (Å²) in [5, 5.41) is 3.41. The molecule has 0 fully saturated rings. The third-order valence-electron chi connectivity index (χ3n) is 3.63. The lowest BCUT2D eigenvalue weighted by molar-refractivity contribution is 0.102. The molecule has 1 aromatic heterocycles. The van der Waals surface area contributed by atoms with Gasteiger partial charge in [-0.25, -0.2) is 4.98 Å². The Morgan fingerprint density at radius 1 is 1.16 bits per heavy atom. The number of aryl methyl sites for hydroxylation is 1. The van der Waals surface area contributed by atoms with Gasteiger partial charge in [0.05, 0.1) is 17.9 Å². The van der Waals surface area contributed by atoms with E-state index in [1.165, 1.54) is 11.3 Å². The highest BCUT2D eigenvalue weighted by molar-refractivity contribution is 7.22. The highest BCUT2D eigenvalue weighted by Crippen LogP contribution is 2.34. The first-order valence-electron chi connectivity index (χ1n) is 8.00. The molecule has 0 atom stereocenters. The zero-order valence-electron chi connectivity index (χ0n) is 14.6. The molecule has 0 bridgehead atoms. The maximum Gasteiger partial charge on any atom is 0.257 e. The van der Waals surface area contributed by atoms with Crippen LogP contribution in [0.4, 0.5) is 5.13 Å². The summed E-state index contributed by atoms with van der Waals surface area (Å²) in [6.45, 7) is 5.94. The third-order valence-corrected chi connectivity index (χ3v) is 4.74. The van der Waals surface area contributed by atoms with E-state index >= 15 is 0 Å². The van der Waals surface area contributed by atoms with Crippen LogP contribution < -0.4 is 14.8 Å². The van der Waals surface area contributed by atoms with Crippen molar-refractivity contribution in [2.75, 3.05) is 12.4 Å². The molecule has 1 heterocycles. The lowest BCUT2D eigenvalue weighted by atomic mass is 10.2. The predicted molar refractivity (Wildman–Crippen MR) is 101 cm³/mol. The van der Waals surface area contributed by atoms with Crippen molar-refractivity contribution in [1.82, 2.24) is 4.98 Å². The molecule has 3 aromatic rings. The summed E-state index contributed by atoms with van der Waals surface area (Å²) < 4.78 is 11.9. The molecule has 25 heavy (non-hydrogen) atoms. The second kappa shape index (κ2) is 7.11. The first-order valence-corrected chi connectivity index (χ1v) is 8.82. The monoisotopic (exact) mass is 356 g/mol. The summed E-state index contributed by atoms with van der Waals surface area (Å²) >= 11 is 1.44. The molecule has 1 amide bonds. The quantitative estimate of drug-likeness (QED) is 0.723. The molecule has 0 aliphatic heterocycles. The molecule has 3 rings (SSSR count). The van der Waals surface area contributed by atoms with Gasteiger partial charge in [-0.3, -0.25) is 10.1 Å². The number of hydrogen-bond donors (Lipinski definition) is 1. The lowest BCUT2D eigenvalue weighted by Gasteiger charge is -2.09. The molecule has 2 aromatic carbocycles. The molecule has 5 nitrogen and oxygen atoms in total. The molecule has 6 heteroatoms. The average Bonchev–Trinajstić information content (AvgIpc) is 3.00. The smallest absolute Gasteiger partial charge is 0.257 e. The largest absolute Gasteiger partial charge is 0.494 e. The number of carbonyl (C=O) groups is 1. The number of anilines is 1. The van der Waals surface area contributed by atoms with Crippen molar-refractivity contribution in [1.29, 1.82) is 0 Å². The summed E-state index contributed by atoms with van der Waals surface area (Å²) in [5.74, 6) is 1.24. The van der Waals surface area contributed by atoms with E-state index in [1.807, 2.05) is 32.9 Å². The highest BCUT2D eigenvalue weighted by atomic mass is 32.1. The average molecular weight is 356 g/mol. The van der Waals surface area contributed by atoms with Gasteiger partial charge >= 0.3 is 0 Å². The van der Waals surface area contributed by atoms with Gasteiger partial charge in [-0.05, 0) is 56.7 Å². The topological polar surface area (TPSA) is 60.5 Å². The Morgan fingerprint density at radius 3 is 2.52 bits per heavy atom. The van der Waals surface area contributed by atoms with E-state index in [0.29, 0.717) is 16.4 Å². The number of hydrogen-bond acceptors (Lipinski definition) is 5. The van der Waals surface area contributed by atoms with Crippen LogP contribution in [0, 0.1) is 6.92 Å². The minimum absolute atomic E-state index is 0.0978. The predicted octanol–water partition coefficient (Wildman–Crippen LogP) is 4.65. The number of carbonyl (C=O) groups excluding carboxylic acids is 1. The molecule has 0 spiro atoms. The molecule has 0 aliphatic rings. The van der Waals surface area contributed by atoms with E-state index in [9.17, 15) is 4.79 Å². The fourth-order valence-corrected chi connectivity index (χ4v) is 3.40. The number of fused-ring (bicyclic) bond motifs is 1. The number of rotatable bonds is 5. The van der Waals surface area contributed by atoms with Crippen LogP contribution in [0.2, 0.25) is 0 Å². The number of nitrogens with one attached hydrogen (secondary N) is 1. The van der Waals surface area contributed by atoms with Gasteiger partial charge < -0.3 is 9.47 Å². The first-order chi connectivity index (χ1) is 12.0. The van der Waals surface area contributed by atoms with E-state index in [0.717, 1.165) is 21.5 Å². The number of nitrogens with zero attached hydrogens (tertiary/aromatic N) is 1. The zero-order chi connectivity index (χ0) is 18.0. The Morgan fingerprint density at radius 2 is 1.88 bits per heavy atom. The minimum atomic E-state index is -0.202. The zero-order valence-corrected chi connectivity index (χ0v) is 15.4. The van der Waals surface area contributed by atoms with Gasteiger partial charge in [-0.1, -0.05) is 17.4 Å². The number of amides is 1. The highest BCUT2D eigenvalue weighted by Gasteiger charge is 2.14. The van der Waals surface area contributed by atoms with Crippen molar-refractivity contribution in [2.24, 2.45) is 0 Å². The van der Waals surface area contributed by atoms with Gasteiger partial charge in [0.25, 0.3) is 5.91 Å². The van der Waals surface area contributed by atoms with Gasteiger partial charge in [-0.15, -0.1) is 0 Å². The van der Waals surface area contributed by atoms with Crippen molar-refractivity contribution in [3.8, 4) is 11.5 Å². The van der Waals surface area contributed by atoms with Crippen LogP contribution >= 0.6 is 11.3 Å². The van der Waals surface area contributed by atoms with Gasteiger partial charge in [-0.2, -0.15) is 0 Å². The standard InChI is InChI=1S/C19H20N2O3S/c1-11(2)24-14-8-6-13(7-9-14)18(22)21-19-20-16-15(23-4)10-5-12(3)17(16)25-19/h5-11H,1-4H3,(H,20,21,22). The number of thiazole rings is 1. The number of benzene rings is 2. The van der Waals surface area contributed by atoms with Crippen LogP contribution in [0.5, 0.6) is 11.5 Å². The summed E-state index contributed by atoms with van der Waals surface area (Å²) in [7, 11) is 1.61. The van der Waals surface area contributed by atoms with Crippen LogP contribution in [-0.4, -0.2) is 24.1 Å². The first kappa shape index (κ1) is 17.2. The Hall–Kier alpha value is -2.60. The van der Waals surface area contributed by atoms with Crippen LogP contribution in [-0.2, 0) is 0 Å². The van der Waals surface area contributed by atoms with E-state index in [-0.39, 0.29) is 12.0 Å². The fourth-order valence-electron chi connectivity index (χ4n) is 2.45. The molecule has 0 unspecified atom stereocenters. The van der Waals surface area contributed by atoms with E-state index in [2.05, 4.69) is 10.3 Å². The maximum atomic E-state index is 12.4. The third kappa shape index (κ3) is 3.74. The second-order valence-corrected chi connectivity index (χ2v) is 6.93. The van der Waals surface area contributed by atoms with Gasteiger partial charge in [0.15, 0.2) is 5.13 Å². The van der Waals surface area contributed by atoms with E-state index in [1.54, 1.807) is 31.4 Å². The Kier molecular flexibility index (Phi) is 4.90. The Labute approximate surface area is 150 Å². The van der Waals surface area contributed by atoms with Crippen LogP contribution in [0.3, 0.4) is 0 Å². The van der Waals surface area contributed by atoms with Crippen LogP contribution in [0.25, 0.3) is 10.2 Å². The van der Waals surface area contributed by atoms with E-state index in [4.69, 9.17) is 9.47 Å². The van der Waals surface area contributed by atoms with Crippen molar-refractivity contribution >= 4 is 32.6 Å². The maximum absolute atomic E-state index is 12.4. The molecule has 0 radical (unpaired) electrons. The number of methoxy groups -OCH3 is 1. The van der Waals surface area contributed by atoms with E-state index < -0.39 is 0 Å². The molecule has 0 saturated heterocycles. The summed E-state index contributed by atoms with van der Waals surface area (Å²) in [6.07, 6.45) is 0.0978. The molecule has 130 valence electrons. The van der Waals surface area contributed by atoms with Gasteiger partial charge in [0, 0.05) is 5.56 Å². The minimum Gasteiger partial charge on any atom is -0.494 e. The number of aromatic nitrogens is 1. The van der Waals surface area contributed by atoms with Crippen LogP contribution in [0.1, 0.15) is 29.8 Å². The number of ether oxygens (including phenoxy) is 2. The molecular weight excluding hydrogens is 336 g/mol. The summed E-state index contributed by atoms with van der Waals surface area (Å²) in [6, 6.07) is 10.9. The fraction of sp³-hybridized carbons (Fsp3) is 0.263. The normalized spacial score (nSPS) is 10.9. The van der Waals surface area contributed by atoms with Crippen molar-refractivity contribution in [3.63, 3.8) is 0 Å². The molecule has 0 saturated carbocycles. The Bertz CT molecular complexity index is 901. The molecular formula is C19H20N2O3S. The SMILES string of the molecule is COc1ccc(C)c2sc(NC(=O)c3ccc(OC(C)C)cc3)nc12. The van der Waals surface area contributed by atoms with Crippen molar-refractivity contribution in [3.05, 3.63) is 47.5 Å². The summed E-state index contributed by atoms with van der Waals surface area (Å²) in [5.41, 5.74) is 2.42. The lowest BCUT2D eigenvalue weighted by Crippen LogP contribution is -2.12.